The Bertz CT molecular complexity index is 1530. The SMILES string of the molecule is Cc1ccc(C(=O)[C@@H](OC(=O)[C@H](CCS(C)(=O)=O)N2C(=O)c3cc(Cl)c(Cl)cc3C2=O)c2ccccc2)cc1. The third-order valence-corrected chi connectivity index (χ3v) is 7.91. The van der Waals surface area contributed by atoms with E-state index in [-0.39, 0.29) is 26.7 Å². The van der Waals surface area contributed by atoms with Crippen molar-refractivity contribution >= 4 is 56.6 Å². The van der Waals surface area contributed by atoms with Crippen LogP contribution in [0.15, 0.2) is 66.7 Å². The summed E-state index contributed by atoms with van der Waals surface area (Å²) in [7, 11) is -3.61. The minimum Gasteiger partial charge on any atom is -0.447 e. The third kappa shape index (κ3) is 6.21. The number of fused-ring (bicyclic) bond motifs is 1. The van der Waals surface area contributed by atoms with Gasteiger partial charge in [0.25, 0.3) is 11.8 Å². The van der Waals surface area contributed by atoms with Gasteiger partial charge in [-0.3, -0.25) is 19.3 Å². The summed E-state index contributed by atoms with van der Waals surface area (Å²) in [6.45, 7) is 1.86. The highest BCUT2D eigenvalue weighted by Crippen LogP contribution is 2.34. The molecule has 4 rings (SSSR count). The lowest BCUT2D eigenvalue weighted by Crippen LogP contribution is -2.47. The number of amides is 2. The van der Waals surface area contributed by atoms with E-state index in [1.54, 1.807) is 54.6 Å². The highest BCUT2D eigenvalue weighted by atomic mass is 35.5. The summed E-state index contributed by atoms with van der Waals surface area (Å²) in [6, 6.07) is 15.7. The minimum atomic E-state index is -3.61. The minimum absolute atomic E-state index is 0.0292. The van der Waals surface area contributed by atoms with Gasteiger partial charge < -0.3 is 4.74 Å². The van der Waals surface area contributed by atoms with Crippen molar-refractivity contribution in [3.63, 3.8) is 0 Å². The van der Waals surface area contributed by atoms with E-state index in [1.165, 1.54) is 12.1 Å². The van der Waals surface area contributed by atoms with E-state index in [0.717, 1.165) is 11.8 Å². The van der Waals surface area contributed by atoms with Gasteiger partial charge in [0.05, 0.1) is 26.9 Å². The van der Waals surface area contributed by atoms with Crippen LogP contribution in [0.25, 0.3) is 0 Å². The third-order valence-electron chi connectivity index (χ3n) is 6.22. The Kier molecular flexibility index (Phi) is 8.25. The second kappa shape index (κ2) is 11.3. The molecule has 202 valence electrons. The molecule has 1 aliphatic rings. The van der Waals surface area contributed by atoms with Gasteiger partial charge >= 0.3 is 5.97 Å². The van der Waals surface area contributed by atoms with E-state index in [0.29, 0.717) is 10.5 Å². The largest absolute Gasteiger partial charge is 0.447 e. The van der Waals surface area contributed by atoms with Crippen molar-refractivity contribution in [1.29, 1.82) is 0 Å². The summed E-state index contributed by atoms with van der Waals surface area (Å²) >= 11 is 12.1. The summed E-state index contributed by atoms with van der Waals surface area (Å²) in [5.74, 6) is -3.88. The number of hydrogen-bond acceptors (Lipinski definition) is 7. The molecule has 11 heteroatoms. The van der Waals surface area contributed by atoms with Gasteiger partial charge in [0.1, 0.15) is 15.9 Å². The van der Waals surface area contributed by atoms with Gasteiger partial charge in [0.15, 0.2) is 6.10 Å². The van der Waals surface area contributed by atoms with Crippen molar-refractivity contribution in [3.05, 3.63) is 105 Å². The average molecular weight is 588 g/mol. The normalized spacial score (nSPS) is 14.6. The number of imide groups is 1. The molecule has 0 fully saturated rings. The smallest absolute Gasteiger partial charge is 0.330 e. The van der Waals surface area contributed by atoms with Crippen molar-refractivity contribution < 1.29 is 32.3 Å². The van der Waals surface area contributed by atoms with Crippen LogP contribution in [0.5, 0.6) is 0 Å². The van der Waals surface area contributed by atoms with Crippen LogP contribution in [0, 0.1) is 6.92 Å². The van der Waals surface area contributed by atoms with E-state index in [4.69, 9.17) is 27.9 Å². The van der Waals surface area contributed by atoms with E-state index < -0.39 is 57.7 Å². The molecule has 0 unspecified atom stereocenters. The Morgan fingerprint density at radius 1 is 0.897 bits per heavy atom. The first-order valence-electron chi connectivity index (χ1n) is 11.8. The fraction of sp³-hybridized carbons (Fsp3) is 0.214. The van der Waals surface area contributed by atoms with Crippen LogP contribution < -0.4 is 0 Å². The molecule has 0 spiro atoms. The molecule has 3 aromatic rings. The second-order valence-corrected chi connectivity index (χ2v) is 12.3. The molecule has 0 saturated heterocycles. The van der Waals surface area contributed by atoms with Crippen LogP contribution >= 0.6 is 23.2 Å². The van der Waals surface area contributed by atoms with Gasteiger partial charge in [0, 0.05) is 17.4 Å². The van der Waals surface area contributed by atoms with Crippen molar-refractivity contribution in [1.82, 2.24) is 4.90 Å². The predicted molar refractivity (Wildman–Crippen MR) is 146 cm³/mol. The zero-order chi connectivity index (χ0) is 28.5. The number of nitrogens with zero attached hydrogens (tertiary/aromatic N) is 1. The lowest BCUT2D eigenvalue weighted by Gasteiger charge is -2.27. The number of aryl methyl sites for hydroxylation is 1. The van der Waals surface area contributed by atoms with E-state index in [1.807, 2.05) is 6.92 Å². The summed E-state index contributed by atoms with van der Waals surface area (Å²) in [6.07, 6.45) is -0.892. The number of Topliss-reactive ketones (excluding diaryl/α,β-unsaturated/α-hetero) is 1. The van der Waals surface area contributed by atoms with Gasteiger partial charge in [-0.05, 0) is 25.5 Å². The lowest BCUT2D eigenvalue weighted by atomic mass is 9.99. The molecule has 2 atom stereocenters. The second-order valence-electron chi connectivity index (χ2n) is 9.18. The molecule has 0 aromatic heterocycles. The molecular weight excluding hydrogens is 565 g/mol. The van der Waals surface area contributed by atoms with Crippen LogP contribution in [0.1, 0.15) is 54.7 Å². The fourth-order valence-electron chi connectivity index (χ4n) is 4.18. The number of benzene rings is 3. The average Bonchev–Trinajstić information content (AvgIpc) is 3.12. The van der Waals surface area contributed by atoms with Crippen LogP contribution in [0.4, 0.5) is 0 Å². The molecular formula is C28H23Cl2NO7S. The number of halogens is 2. The topological polar surface area (TPSA) is 115 Å². The zero-order valence-corrected chi connectivity index (χ0v) is 23.2. The number of hydrogen-bond donors (Lipinski definition) is 0. The number of ether oxygens (including phenoxy) is 1. The molecule has 0 bridgehead atoms. The molecule has 39 heavy (non-hydrogen) atoms. The Morgan fingerprint density at radius 3 is 1.95 bits per heavy atom. The van der Waals surface area contributed by atoms with Crippen LogP contribution in [-0.2, 0) is 19.4 Å². The number of carbonyl (C=O) groups is 4. The van der Waals surface area contributed by atoms with Crippen molar-refractivity contribution in [2.24, 2.45) is 0 Å². The Labute approximate surface area is 235 Å². The van der Waals surface area contributed by atoms with Crippen LogP contribution in [-0.4, -0.2) is 54.9 Å². The van der Waals surface area contributed by atoms with Crippen LogP contribution in [0.3, 0.4) is 0 Å². The van der Waals surface area contributed by atoms with Gasteiger partial charge in [-0.15, -0.1) is 0 Å². The highest BCUT2D eigenvalue weighted by molar-refractivity contribution is 7.90. The molecule has 3 aromatic carbocycles. The number of carbonyl (C=O) groups excluding carboxylic acids is 4. The number of rotatable bonds is 9. The summed E-state index contributed by atoms with van der Waals surface area (Å²) < 4.78 is 29.6. The number of esters is 1. The number of sulfone groups is 1. The van der Waals surface area contributed by atoms with Crippen molar-refractivity contribution in [2.75, 3.05) is 12.0 Å². The molecule has 0 saturated carbocycles. The van der Waals surface area contributed by atoms with Crippen molar-refractivity contribution in [3.8, 4) is 0 Å². The first-order chi connectivity index (χ1) is 18.4. The lowest BCUT2D eigenvalue weighted by molar-refractivity contribution is -0.152. The maximum atomic E-state index is 13.6. The van der Waals surface area contributed by atoms with Crippen LogP contribution in [0.2, 0.25) is 10.0 Å². The summed E-state index contributed by atoms with van der Waals surface area (Å²) in [4.78, 5) is 54.3. The van der Waals surface area contributed by atoms with Gasteiger partial charge in [-0.25, -0.2) is 13.2 Å². The van der Waals surface area contributed by atoms with E-state index in [2.05, 4.69) is 0 Å². The van der Waals surface area contributed by atoms with E-state index in [9.17, 15) is 27.6 Å². The molecule has 1 heterocycles. The predicted octanol–water partition coefficient (Wildman–Crippen LogP) is 4.87. The molecule has 1 aliphatic heterocycles. The van der Waals surface area contributed by atoms with Crippen molar-refractivity contribution in [2.45, 2.75) is 25.5 Å². The molecule has 0 aliphatic carbocycles. The fourth-order valence-corrected chi connectivity index (χ4v) is 5.16. The number of ketones is 1. The first kappa shape index (κ1) is 28.5. The maximum Gasteiger partial charge on any atom is 0.330 e. The van der Waals surface area contributed by atoms with E-state index >= 15 is 0 Å². The van der Waals surface area contributed by atoms with Gasteiger partial charge in [0.2, 0.25) is 5.78 Å². The molecule has 8 nitrogen and oxygen atoms in total. The monoisotopic (exact) mass is 587 g/mol. The summed E-state index contributed by atoms with van der Waals surface area (Å²) in [5, 5.41) is 0.0584. The highest BCUT2D eigenvalue weighted by Gasteiger charge is 2.45. The Hall–Kier alpha value is -3.53. The van der Waals surface area contributed by atoms with Gasteiger partial charge in [-0.2, -0.15) is 0 Å². The quantitative estimate of drug-likeness (QED) is 0.199. The maximum absolute atomic E-state index is 13.6. The molecule has 2 amide bonds. The Morgan fingerprint density at radius 2 is 1.44 bits per heavy atom. The first-order valence-corrected chi connectivity index (χ1v) is 14.6. The molecule has 0 N–H and O–H groups in total. The standard InChI is InChI=1S/C28H23Cl2NO7S/c1-16-8-10-17(11-9-16)24(32)25(18-6-4-3-5-7-18)38-28(35)23(12-13-39(2,36)37)31-26(33)19-14-21(29)22(30)15-20(19)27(31)34/h3-11,14-15,23,25H,12-13H2,1-2H3/t23-,25-/m0/s1. The molecule has 0 radical (unpaired) electrons. The zero-order valence-electron chi connectivity index (χ0n) is 20.9. The Balaban J connectivity index is 1.72. The summed E-state index contributed by atoms with van der Waals surface area (Å²) in [5.41, 5.74) is 1.40. The van der Waals surface area contributed by atoms with Gasteiger partial charge in [-0.1, -0.05) is 83.4 Å².